The Morgan fingerprint density at radius 1 is 0.941 bits per heavy atom. The normalized spacial score (nSPS) is 12.1. The van der Waals surface area contributed by atoms with Crippen molar-refractivity contribution in [1.29, 1.82) is 0 Å². The van der Waals surface area contributed by atoms with Crippen molar-refractivity contribution in [3.8, 4) is 11.1 Å². The zero-order valence-electron chi connectivity index (χ0n) is 17.7. The van der Waals surface area contributed by atoms with Crippen LogP contribution in [-0.2, 0) is 18.9 Å². The van der Waals surface area contributed by atoms with Crippen LogP contribution in [0.25, 0.3) is 11.1 Å². The molecule has 1 aromatic heterocycles. The van der Waals surface area contributed by atoms with Crippen LogP contribution in [0.2, 0.25) is 5.15 Å². The third-order valence-corrected chi connectivity index (χ3v) is 5.20. The number of benzene rings is 2. The van der Waals surface area contributed by atoms with Gasteiger partial charge < -0.3 is 4.90 Å². The lowest BCUT2D eigenvalue weighted by Crippen LogP contribution is -2.27. The second-order valence-electron chi connectivity index (χ2n) is 7.59. The van der Waals surface area contributed by atoms with Crippen LogP contribution < -0.4 is 0 Å². The Hall–Kier alpha value is -3.14. The Labute approximate surface area is 194 Å². The highest BCUT2D eigenvalue weighted by molar-refractivity contribution is 6.29. The minimum atomic E-state index is -5.01. The van der Waals surface area contributed by atoms with Gasteiger partial charge in [0.2, 0.25) is 0 Å². The van der Waals surface area contributed by atoms with Gasteiger partial charge in [0.15, 0.2) is 0 Å². The molecule has 0 atom stereocenters. The SMILES string of the molecule is Cc1cc(F)ccc1-c1cc(Cl)ncc1C(=O)N(C)Cc1cc(C(F)(F)F)cc(C(F)(F)F)c1. The van der Waals surface area contributed by atoms with Gasteiger partial charge in [0.05, 0.1) is 16.7 Å². The fourth-order valence-electron chi connectivity index (χ4n) is 3.41. The molecule has 0 saturated heterocycles. The molecule has 0 fully saturated rings. The second-order valence-corrected chi connectivity index (χ2v) is 7.97. The first-order chi connectivity index (χ1) is 15.7. The summed E-state index contributed by atoms with van der Waals surface area (Å²) >= 11 is 5.96. The van der Waals surface area contributed by atoms with E-state index in [0.29, 0.717) is 23.3 Å². The van der Waals surface area contributed by atoms with Gasteiger partial charge in [0, 0.05) is 19.8 Å². The third kappa shape index (κ3) is 5.67. The van der Waals surface area contributed by atoms with Crippen LogP contribution in [0.15, 0.2) is 48.7 Å². The largest absolute Gasteiger partial charge is 0.416 e. The van der Waals surface area contributed by atoms with Gasteiger partial charge in [-0.05, 0) is 65.6 Å². The smallest absolute Gasteiger partial charge is 0.337 e. The van der Waals surface area contributed by atoms with E-state index in [0.717, 1.165) is 11.1 Å². The highest BCUT2D eigenvalue weighted by Crippen LogP contribution is 2.37. The molecular weight excluding hydrogens is 489 g/mol. The molecule has 0 spiro atoms. The zero-order chi connectivity index (χ0) is 25.4. The number of rotatable bonds is 4. The molecule has 0 aliphatic heterocycles. The van der Waals surface area contributed by atoms with E-state index in [4.69, 9.17) is 11.6 Å². The highest BCUT2D eigenvalue weighted by atomic mass is 35.5. The van der Waals surface area contributed by atoms with Crippen molar-refractivity contribution in [2.45, 2.75) is 25.8 Å². The molecule has 0 unspecified atom stereocenters. The molecule has 3 aromatic rings. The molecule has 3 rings (SSSR count). The van der Waals surface area contributed by atoms with E-state index < -0.39 is 41.7 Å². The van der Waals surface area contributed by atoms with Gasteiger partial charge in [-0.1, -0.05) is 17.7 Å². The van der Waals surface area contributed by atoms with Crippen molar-refractivity contribution in [1.82, 2.24) is 9.88 Å². The lowest BCUT2D eigenvalue weighted by molar-refractivity contribution is -0.143. The van der Waals surface area contributed by atoms with Crippen molar-refractivity contribution >= 4 is 17.5 Å². The van der Waals surface area contributed by atoms with Crippen molar-refractivity contribution in [2.75, 3.05) is 7.05 Å². The highest BCUT2D eigenvalue weighted by Gasteiger charge is 2.37. The molecule has 34 heavy (non-hydrogen) atoms. The fraction of sp³-hybridized carbons (Fsp3) is 0.217. The van der Waals surface area contributed by atoms with Crippen LogP contribution in [0, 0.1) is 12.7 Å². The molecule has 2 aromatic carbocycles. The lowest BCUT2D eigenvalue weighted by Gasteiger charge is -2.21. The monoisotopic (exact) mass is 504 g/mol. The Morgan fingerprint density at radius 2 is 1.53 bits per heavy atom. The summed E-state index contributed by atoms with van der Waals surface area (Å²) in [5, 5.41) is 0.0330. The van der Waals surface area contributed by atoms with Crippen molar-refractivity contribution < 1.29 is 35.5 Å². The van der Waals surface area contributed by atoms with Gasteiger partial charge in [-0.3, -0.25) is 4.79 Å². The maximum atomic E-state index is 13.5. The molecule has 0 aliphatic carbocycles. The number of carbonyl (C=O) groups excluding carboxylic acids is 1. The summed E-state index contributed by atoms with van der Waals surface area (Å²) < 4.78 is 92.4. The third-order valence-electron chi connectivity index (χ3n) is 4.99. The van der Waals surface area contributed by atoms with Crippen LogP contribution in [0.3, 0.4) is 0 Å². The molecule has 0 N–H and O–H groups in total. The Balaban J connectivity index is 2.00. The molecule has 1 amide bonds. The molecule has 0 radical (unpaired) electrons. The number of alkyl halides is 6. The summed E-state index contributed by atoms with van der Waals surface area (Å²) in [7, 11) is 1.23. The standard InChI is InChI=1S/C23H16ClF7N2O/c1-12-5-16(25)3-4-17(12)18-9-20(24)32-10-19(18)21(34)33(2)11-13-6-14(22(26,27)28)8-15(7-13)23(29,30)31/h3-10H,11H2,1-2H3. The van der Waals surface area contributed by atoms with Crippen LogP contribution in [0.1, 0.15) is 32.6 Å². The van der Waals surface area contributed by atoms with Crippen LogP contribution in [-0.4, -0.2) is 22.8 Å². The van der Waals surface area contributed by atoms with Crippen LogP contribution in [0.4, 0.5) is 30.7 Å². The van der Waals surface area contributed by atoms with E-state index in [2.05, 4.69) is 4.98 Å². The number of hydrogen-bond donors (Lipinski definition) is 0. The number of hydrogen-bond acceptors (Lipinski definition) is 2. The topological polar surface area (TPSA) is 33.2 Å². The number of aromatic nitrogens is 1. The number of nitrogens with zero attached hydrogens (tertiary/aromatic N) is 2. The summed E-state index contributed by atoms with van der Waals surface area (Å²) in [6.07, 6.45) is -8.87. The van der Waals surface area contributed by atoms with E-state index in [9.17, 15) is 35.5 Å². The van der Waals surface area contributed by atoms with E-state index in [1.165, 1.54) is 31.3 Å². The number of aryl methyl sites for hydroxylation is 1. The van der Waals surface area contributed by atoms with Crippen LogP contribution >= 0.6 is 11.6 Å². The molecular formula is C23H16ClF7N2O. The lowest BCUT2D eigenvalue weighted by atomic mass is 9.96. The van der Waals surface area contributed by atoms with E-state index >= 15 is 0 Å². The van der Waals surface area contributed by atoms with Crippen LogP contribution in [0.5, 0.6) is 0 Å². The average Bonchev–Trinajstić information content (AvgIpc) is 2.71. The van der Waals surface area contributed by atoms with E-state index in [1.54, 1.807) is 6.92 Å². The predicted molar refractivity (Wildman–Crippen MR) is 112 cm³/mol. The van der Waals surface area contributed by atoms with Gasteiger partial charge in [-0.25, -0.2) is 9.37 Å². The summed E-state index contributed by atoms with van der Waals surface area (Å²) in [6.45, 7) is 1.06. The first-order valence-electron chi connectivity index (χ1n) is 9.62. The average molecular weight is 505 g/mol. The van der Waals surface area contributed by atoms with Gasteiger partial charge in [-0.2, -0.15) is 26.3 Å². The molecule has 1 heterocycles. The maximum absolute atomic E-state index is 13.5. The molecule has 0 bridgehead atoms. The molecule has 180 valence electrons. The molecule has 3 nitrogen and oxygen atoms in total. The number of pyridine rings is 1. The minimum Gasteiger partial charge on any atom is -0.337 e. The summed E-state index contributed by atoms with van der Waals surface area (Å²) in [4.78, 5) is 17.9. The fourth-order valence-corrected chi connectivity index (χ4v) is 3.57. The van der Waals surface area contributed by atoms with Gasteiger partial charge >= 0.3 is 12.4 Å². The Kier molecular flexibility index (Phi) is 6.93. The quantitative estimate of drug-likeness (QED) is 0.279. The van der Waals surface area contributed by atoms with Crippen molar-refractivity contribution in [3.63, 3.8) is 0 Å². The van der Waals surface area contributed by atoms with Gasteiger partial charge in [0.25, 0.3) is 5.91 Å². The number of amides is 1. The number of carbonyl (C=O) groups is 1. The van der Waals surface area contributed by atoms with Crippen molar-refractivity contribution in [2.24, 2.45) is 0 Å². The number of halogens is 8. The summed E-state index contributed by atoms with van der Waals surface area (Å²) in [5.41, 5.74) is -2.10. The van der Waals surface area contributed by atoms with Gasteiger partial charge in [-0.15, -0.1) is 0 Å². The molecule has 0 saturated carbocycles. The van der Waals surface area contributed by atoms with Crippen molar-refractivity contribution in [3.05, 3.63) is 87.4 Å². The first kappa shape index (κ1) is 25.5. The predicted octanol–water partition coefficient (Wildman–Crippen LogP) is 7.16. The molecule has 11 heteroatoms. The summed E-state index contributed by atoms with van der Waals surface area (Å²) in [6, 6.07) is 6.35. The maximum Gasteiger partial charge on any atom is 0.416 e. The summed E-state index contributed by atoms with van der Waals surface area (Å²) in [5.74, 6) is -1.23. The minimum absolute atomic E-state index is 0.00960. The van der Waals surface area contributed by atoms with Gasteiger partial charge in [0.1, 0.15) is 11.0 Å². The van der Waals surface area contributed by atoms with E-state index in [1.807, 2.05) is 0 Å². The first-order valence-corrected chi connectivity index (χ1v) is 10.0. The Morgan fingerprint density at radius 3 is 2.06 bits per heavy atom. The Bertz CT molecular complexity index is 1210. The zero-order valence-corrected chi connectivity index (χ0v) is 18.4. The second kappa shape index (κ2) is 9.25. The van der Waals surface area contributed by atoms with E-state index in [-0.39, 0.29) is 27.9 Å². The molecule has 0 aliphatic rings.